The molecule has 0 aliphatic rings. The molecule has 1 aromatic heterocycles. The molecule has 0 fully saturated rings. The predicted octanol–water partition coefficient (Wildman–Crippen LogP) is 0.772. The topological polar surface area (TPSA) is 102 Å². The van der Waals surface area contributed by atoms with Crippen molar-refractivity contribution in [2.45, 2.75) is 19.4 Å². The van der Waals surface area contributed by atoms with Gasteiger partial charge in [0.2, 0.25) is 0 Å². The van der Waals surface area contributed by atoms with Gasteiger partial charge in [-0.05, 0) is 12.5 Å². The Labute approximate surface area is 81.7 Å². The van der Waals surface area contributed by atoms with Crippen LogP contribution in [0.25, 0.3) is 0 Å². The van der Waals surface area contributed by atoms with Crippen LogP contribution in [-0.4, -0.2) is 16.1 Å². The zero-order chi connectivity index (χ0) is 10.7. The van der Waals surface area contributed by atoms with Gasteiger partial charge in [-0.25, -0.2) is 9.78 Å². The van der Waals surface area contributed by atoms with Crippen molar-refractivity contribution in [3.8, 4) is 0 Å². The van der Waals surface area contributed by atoms with Gasteiger partial charge in [0.1, 0.15) is 5.82 Å². The highest BCUT2D eigenvalue weighted by atomic mass is 16.4. The summed E-state index contributed by atoms with van der Waals surface area (Å²) in [5, 5.41) is 8.90. The first-order chi connectivity index (χ1) is 6.56. The van der Waals surface area contributed by atoms with Crippen LogP contribution in [0.4, 0.5) is 5.82 Å². The van der Waals surface area contributed by atoms with Gasteiger partial charge < -0.3 is 16.6 Å². The summed E-state index contributed by atoms with van der Waals surface area (Å²) in [5.74, 6) is -0.840. The molecule has 0 aliphatic heterocycles. The zero-order valence-corrected chi connectivity index (χ0v) is 7.90. The number of anilines is 1. The number of hydrogen-bond donors (Lipinski definition) is 3. The van der Waals surface area contributed by atoms with Gasteiger partial charge in [0.05, 0.1) is 5.56 Å². The van der Waals surface area contributed by atoms with E-state index < -0.39 is 5.97 Å². The lowest BCUT2D eigenvalue weighted by molar-refractivity contribution is 0.0695. The zero-order valence-electron chi connectivity index (χ0n) is 7.90. The number of aromatic carboxylic acids is 1. The molecule has 1 aromatic rings. The third-order valence-electron chi connectivity index (χ3n) is 2.03. The van der Waals surface area contributed by atoms with Crippen molar-refractivity contribution in [1.29, 1.82) is 0 Å². The van der Waals surface area contributed by atoms with Crippen molar-refractivity contribution >= 4 is 11.8 Å². The van der Waals surface area contributed by atoms with Crippen LogP contribution in [0.15, 0.2) is 12.3 Å². The molecule has 0 saturated carbocycles. The predicted molar refractivity (Wildman–Crippen MR) is 52.8 cm³/mol. The Morgan fingerprint density at radius 1 is 1.71 bits per heavy atom. The molecule has 0 spiro atoms. The lowest BCUT2D eigenvalue weighted by atomic mass is 10.0. The SMILES string of the molecule is CCC(N)c1cnc(N)cc1C(=O)O. The van der Waals surface area contributed by atoms with Gasteiger partial charge in [0, 0.05) is 17.8 Å². The number of nitrogens with zero attached hydrogens (tertiary/aromatic N) is 1. The monoisotopic (exact) mass is 195 g/mol. The highest BCUT2D eigenvalue weighted by molar-refractivity contribution is 5.90. The van der Waals surface area contributed by atoms with Crippen molar-refractivity contribution in [3.05, 3.63) is 23.4 Å². The summed E-state index contributed by atoms with van der Waals surface area (Å²) in [6.45, 7) is 1.88. The molecule has 76 valence electrons. The summed E-state index contributed by atoms with van der Waals surface area (Å²) in [4.78, 5) is 14.7. The van der Waals surface area contributed by atoms with Crippen molar-refractivity contribution in [2.24, 2.45) is 5.73 Å². The van der Waals surface area contributed by atoms with Crippen LogP contribution in [0, 0.1) is 0 Å². The van der Waals surface area contributed by atoms with E-state index in [1.165, 1.54) is 12.3 Å². The molecule has 5 heteroatoms. The maximum absolute atomic E-state index is 10.9. The lowest BCUT2D eigenvalue weighted by Gasteiger charge is -2.11. The average molecular weight is 195 g/mol. The van der Waals surface area contributed by atoms with Crippen LogP contribution in [0.5, 0.6) is 0 Å². The van der Waals surface area contributed by atoms with Crippen LogP contribution in [-0.2, 0) is 0 Å². The molecular weight excluding hydrogens is 182 g/mol. The Morgan fingerprint density at radius 2 is 2.36 bits per heavy atom. The number of rotatable bonds is 3. The Morgan fingerprint density at radius 3 is 2.86 bits per heavy atom. The molecule has 0 aliphatic carbocycles. The second kappa shape index (κ2) is 4.06. The Balaban J connectivity index is 3.21. The quantitative estimate of drug-likeness (QED) is 0.661. The fraction of sp³-hybridized carbons (Fsp3) is 0.333. The van der Waals surface area contributed by atoms with Crippen LogP contribution in [0.3, 0.4) is 0 Å². The number of hydrogen-bond acceptors (Lipinski definition) is 4. The van der Waals surface area contributed by atoms with E-state index in [1.807, 2.05) is 6.92 Å². The first-order valence-electron chi connectivity index (χ1n) is 4.30. The first kappa shape index (κ1) is 10.5. The van der Waals surface area contributed by atoms with Gasteiger partial charge in [0.15, 0.2) is 0 Å². The fourth-order valence-electron chi connectivity index (χ4n) is 1.18. The van der Waals surface area contributed by atoms with Crippen molar-refractivity contribution in [2.75, 3.05) is 5.73 Å². The number of carboxylic acid groups (broad SMARTS) is 1. The van der Waals surface area contributed by atoms with E-state index in [4.69, 9.17) is 16.6 Å². The molecule has 5 N–H and O–H groups in total. The molecule has 1 rings (SSSR count). The number of pyridine rings is 1. The number of nitrogens with two attached hydrogens (primary N) is 2. The van der Waals surface area contributed by atoms with Gasteiger partial charge >= 0.3 is 5.97 Å². The summed E-state index contributed by atoms with van der Waals surface area (Å²) >= 11 is 0. The summed E-state index contributed by atoms with van der Waals surface area (Å²) in [7, 11) is 0. The van der Waals surface area contributed by atoms with Crippen LogP contribution < -0.4 is 11.5 Å². The van der Waals surface area contributed by atoms with Crippen molar-refractivity contribution in [1.82, 2.24) is 4.98 Å². The summed E-state index contributed by atoms with van der Waals surface area (Å²) in [6.07, 6.45) is 2.08. The van der Waals surface area contributed by atoms with E-state index in [2.05, 4.69) is 4.98 Å². The van der Waals surface area contributed by atoms with Gasteiger partial charge in [-0.2, -0.15) is 0 Å². The van der Waals surface area contributed by atoms with E-state index in [0.29, 0.717) is 12.0 Å². The normalized spacial score (nSPS) is 12.4. The largest absolute Gasteiger partial charge is 0.478 e. The van der Waals surface area contributed by atoms with Crippen LogP contribution >= 0.6 is 0 Å². The molecule has 5 nitrogen and oxygen atoms in total. The number of aromatic nitrogens is 1. The van der Waals surface area contributed by atoms with E-state index in [-0.39, 0.29) is 17.4 Å². The Bertz CT molecular complexity index is 352. The van der Waals surface area contributed by atoms with Gasteiger partial charge in [-0.1, -0.05) is 6.92 Å². The molecule has 0 aromatic carbocycles. The van der Waals surface area contributed by atoms with Crippen molar-refractivity contribution in [3.63, 3.8) is 0 Å². The maximum Gasteiger partial charge on any atom is 0.336 e. The second-order valence-electron chi connectivity index (χ2n) is 3.02. The molecule has 1 unspecified atom stereocenters. The van der Waals surface area contributed by atoms with E-state index in [1.54, 1.807) is 0 Å². The standard InChI is InChI=1S/C9H13N3O2/c1-2-7(10)6-4-12-8(11)3-5(6)9(13)14/h3-4,7H,2,10H2,1H3,(H2,11,12)(H,13,14). The summed E-state index contributed by atoms with van der Waals surface area (Å²) in [6, 6.07) is 1.02. The summed E-state index contributed by atoms with van der Waals surface area (Å²) < 4.78 is 0. The summed E-state index contributed by atoms with van der Waals surface area (Å²) in [5.41, 5.74) is 11.8. The van der Waals surface area contributed by atoms with Crippen LogP contribution in [0.2, 0.25) is 0 Å². The van der Waals surface area contributed by atoms with Crippen LogP contribution in [0.1, 0.15) is 35.3 Å². The third kappa shape index (κ3) is 2.00. The smallest absolute Gasteiger partial charge is 0.336 e. The molecule has 0 amide bonds. The van der Waals surface area contributed by atoms with E-state index in [9.17, 15) is 4.79 Å². The highest BCUT2D eigenvalue weighted by Crippen LogP contribution is 2.19. The molecule has 0 saturated heterocycles. The Hall–Kier alpha value is -1.62. The van der Waals surface area contributed by atoms with Crippen molar-refractivity contribution < 1.29 is 9.90 Å². The number of nitrogen functional groups attached to an aromatic ring is 1. The van der Waals surface area contributed by atoms with Gasteiger partial charge in [-0.3, -0.25) is 0 Å². The molecule has 0 radical (unpaired) electrons. The molecular formula is C9H13N3O2. The van der Waals surface area contributed by atoms with E-state index >= 15 is 0 Å². The highest BCUT2D eigenvalue weighted by Gasteiger charge is 2.15. The third-order valence-corrected chi connectivity index (χ3v) is 2.03. The number of carbonyl (C=O) groups is 1. The minimum absolute atomic E-state index is 0.131. The maximum atomic E-state index is 10.9. The molecule has 1 atom stereocenters. The van der Waals surface area contributed by atoms with Gasteiger partial charge in [0.25, 0.3) is 0 Å². The molecule has 14 heavy (non-hydrogen) atoms. The van der Waals surface area contributed by atoms with E-state index in [0.717, 1.165) is 0 Å². The minimum atomic E-state index is -1.03. The second-order valence-corrected chi connectivity index (χ2v) is 3.02. The first-order valence-corrected chi connectivity index (χ1v) is 4.30. The average Bonchev–Trinajstić information content (AvgIpc) is 2.16. The molecule has 0 bridgehead atoms. The minimum Gasteiger partial charge on any atom is -0.478 e. The Kier molecular flexibility index (Phi) is 3.03. The lowest BCUT2D eigenvalue weighted by Crippen LogP contribution is -2.15. The number of carboxylic acids is 1. The fourth-order valence-corrected chi connectivity index (χ4v) is 1.18. The van der Waals surface area contributed by atoms with Gasteiger partial charge in [-0.15, -0.1) is 0 Å². The molecule has 1 heterocycles.